The van der Waals surface area contributed by atoms with E-state index in [1.807, 2.05) is 0 Å². The third kappa shape index (κ3) is 2.76. The lowest BCUT2D eigenvalue weighted by Gasteiger charge is -2.39. The van der Waals surface area contributed by atoms with Crippen LogP contribution in [0.1, 0.15) is 75.9 Å². The van der Waals surface area contributed by atoms with E-state index in [9.17, 15) is 0 Å². The van der Waals surface area contributed by atoms with Crippen LogP contribution in [0, 0.1) is 11.3 Å². The average Bonchev–Trinajstić information content (AvgIpc) is 2.91. The Balaban J connectivity index is 1.59. The Morgan fingerprint density at radius 1 is 1.25 bits per heavy atom. The van der Waals surface area contributed by atoms with Crippen LogP contribution in [-0.2, 0) is 6.42 Å². The smallest absolute Gasteiger partial charge is 0.227 e. The lowest BCUT2D eigenvalue weighted by atomic mass is 9.67. The Labute approximate surface area is 121 Å². The quantitative estimate of drug-likeness (QED) is 0.895. The number of hydrogen-bond donors (Lipinski definition) is 1. The van der Waals surface area contributed by atoms with Gasteiger partial charge in [-0.1, -0.05) is 24.9 Å². The first kappa shape index (κ1) is 14.1. The molecule has 3 rings (SSSR count). The van der Waals surface area contributed by atoms with Gasteiger partial charge in [0.25, 0.3) is 0 Å². The Hall–Kier alpha value is -0.900. The zero-order valence-corrected chi connectivity index (χ0v) is 12.6. The summed E-state index contributed by atoms with van der Waals surface area (Å²) in [5.74, 6) is 3.18. The molecular weight excluding hydrogens is 250 g/mol. The maximum atomic E-state index is 5.91. The molecule has 0 atom stereocenters. The minimum absolute atomic E-state index is 0.254. The Morgan fingerprint density at radius 3 is 2.55 bits per heavy atom. The standard InChI is InChI=1S/C16H27N3O/c1-2-12-4-6-13(7-5-12)15-18-14(20-19-15)10-16(11-17)8-3-9-16/h12-13H,2-11,17H2,1H3. The van der Waals surface area contributed by atoms with Crippen LogP contribution in [0.5, 0.6) is 0 Å². The summed E-state index contributed by atoms with van der Waals surface area (Å²) in [4.78, 5) is 4.67. The summed E-state index contributed by atoms with van der Waals surface area (Å²) in [7, 11) is 0. The maximum Gasteiger partial charge on any atom is 0.227 e. The molecule has 2 N–H and O–H groups in total. The predicted molar refractivity (Wildman–Crippen MR) is 78.3 cm³/mol. The van der Waals surface area contributed by atoms with Crippen molar-refractivity contribution in [3.63, 3.8) is 0 Å². The number of hydrogen-bond acceptors (Lipinski definition) is 4. The lowest BCUT2D eigenvalue weighted by Crippen LogP contribution is -2.39. The molecule has 2 aliphatic rings. The Bertz CT molecular complexity index is 425. The topological polar surface area (TPSA) is 64.9 Å². The zero-order chi connectivity index (χ0) is 14.0. The summed E-state index contributed by atoms with van der Waals surface area (Å²) >= 11 is 0. The highest BCUT2D eigenvalue weighted by atomic mass is 16.5. The summed E-state index contributed by atoms with van der Waals surface area (Å²) < 4.78 is 5.49. The largest absolute Gasteiger partial charge is 0.339 e. The molecule has 0 spiro atoms. The van der Waals surface area contributed by atoms with E-state index in [1.54, 1.807) is 0 Å². The molecule has 0 aromatic carbocycles. The van der Waals surface area contributed by atoms with E-state index >= 15 is 0 Å². The first-order valence-corrected chi connectivity index (χ1v) is 8.27. The third-order valence-corrected chi connectivity index (χ3v) is 5.65. The molecule has 0 amide bonds. The molecule has 0 unspecified atom stereocenters. The average molecular weight is 277 g/mol. The van der Waals surface area contributed by atoms with Gasteiger partial charge in [-0.05, 0) is 56.4 Å². The van der Waals surface area contributed by atoms with E-state index in [0.29, 0.717) is 5.92 Å². The van der Waals surface area contributed by atoms with E-state index in [4.69, 9.17) is 10.3 Å². The fraction of sp³-hybridized carbons (Fsp3) is 0.875. The van der Waals surface area contributed by atoms with Crippen LogP contribution in [0.25, 0.3) is 0 Å². The number of rotatable bonds is 5. The Morgan fingerprint density at radius 2 is 2.00 bits per heavy atom. The highest BCUT2D eigenvalue weighted by Crippen LogP contribution is 2.43. The van der Waals surface area contributed by atoms with Crippen molar-refractivity contribution in [3.8, 4) is 0 Å². The van der Waals surface area contributed by atoms with Gasteiger partial charge in [0.2, 0.25) is 5.89 Å². The number of nitrogens with zero attached hydrogens (tertiary/aromatic N) is 2. The van der Waals surface area contributed by atoms with Gasteiger partial charge in [0.1, 0.15) is 0 Å². The molecule has 0 aliphatic heterocycles. The molecular formula is C16H27N3O. The molecule has 0 saturated heterocycles. The molecule has 2 saturated carbocycles. The van der Waals surface area contributed by atoms with E-state index in [1.165, 1.54) is 51.4 Å². The molecule has 1 heterocycles. The summed E-state index contributed by atoms with van der Waals surface area (Å²) in [5, 5.41) is 4.24. The van der Waals surface area contributed by atoms with E-state index in [2.05, 4.69) is 17.1 Å². The van der Waals surface area contributed by atoms with Crippen molar-refractivity contribution in [3.05, 3.63) is 11.7 Å². The second kappa shape index (κ2) is 5.84. The van der Waals surface area contributed by atoms with Gasteiger partial charge in [0.05, 0.1) is 0 Å². The fourth-order valence-corrected chi connectivity index (χ4v) is 3.79. The van der Waals surface area contributed by atoms with Crippen molar-refractivity contribution in [2.45, 2.75) is 70.6 Å². The molecule has 0 radical (unpaired) electrons. The van der Waals surface area contributed by atoms with Gasteiger partial charge < -0.3 is 10.3 Å². The van der Waals surface area contributed by atoms with Crippen LogP contribution in [0.4, 0.5) is 0 Å². The predicted octanol–water partition coefficient (Wildman–Crippen LogP) is 3.42. The van der Waals surface area contributed by atoms with Gasteiger partial charge in [-0.15, -0.1) is 0 Å². The summed E-state index contributed by atoms with van der Waals surface area (Å²) in [6, 6.07) is 0. The van der Waals surface area contributed by atoms with E-state index < -0.39 is 0 Å². The second-order valence-corrected chi connectivity index (χ2v) is 6.91. The SMILES string of the molecule is CCC1CCC(c2noc(CC3(CN)CCC3)n2)CC1. The molecule has 112 valence electrons. The molecule has 2 aliphatic carbocycles. The number of aromatic nitrogens is 2. The van der Waals surface area contributed by atoms with Crippen LogP contribution in [0.15, 0.2) is 4.52 Å². The van der Waals surface area contributed by atoms with Gasteiger partial charge in [-0.25, -0.2) is 0 Å². The van der Waals surface area contributed by atoms with E-state index in [0.717, 1.165) is 30.6 Å². The normalized spacial score (nSPS) is 29.1. The van der Waals surface area contributed by atoms with Crippen molar-refractivity contribution < 1.29 is 4.52 Å². The van der Waals surface area contributed by atoms with Crippen LogP contribution < -0.4 is 5.73 Å². The summed E-state index contributed by atoms with van der Waals surface area (Å²) in [5.41, 5.74) is 6.16. The molecule has 2 fully saturated rings. The Kier molecular flexibility index (Phi) is 4.11. The van der Waals surface area contributed by atoms with Gasteiger partial charge in [-0.2, -0.15) is 4.98 Å². The summed E-state index contributed by atoms with van der Waals surface area (Å²) in [6.45, 7) is 3.04. The van der Waals surface area contributed by atoms with Crippen LogP contribution in [0.2, 0.25) is 0 Å². The minimum Gasteiger partial charge on any atom is -0.339 e. The van der Waals surface area contributed by atoms with Gasteiger partial charge >= 0.3 is 0 Å². The molecule has 1 aromatic heterocycles. The third-order valence-electron chi connectivity index (χ3n) is 5.65. The van der Waals surface area contributed by atoms with Crippen LogP contribution in [-0.4, -0.2) is 16.7 Å². The monoisotopic (exact) mass is 277 g/mol. The molecule has 0 bridgehead atoms. The first-order valence-electron chi connectivity index (χ1n) is 8.27. The van der Waals surface area contributed by atoms with Gasteiger partial charge in [-0.3, -0.25) is 0 Å². The number of nitrogens with two attached hydrogens (primary N) is 1. The van der Waals surface area contributed by atoms with Crippen molar-refractivity contribution in [2.75, 3.05) is 6.54 Å². The van der Waals surface area contributed by atoms with Crippen molar-refractivity contribution in [1.82, 2.24) is 10.1 Å². The van der Waals surface area contributed by atoms with Gasteiger partial charge in [0, 0.05) is 12.3 Å². The highest BCUT2D eigenvalue weighted by molar-refractivity contribution is 5.01. The van der Waals surface area contributed by atoms with Crippen molar-refractivity contribution >= 4 is 0 Å². The molecule has 1 aromatic rings. The zero-order valence-electron chi connectivity index (χ0n) is 12.6. The summed E-state index contributed by atoms with van der Waals surface area (Å²) in [6.07, 6.45) is 11.0. The second-order valence-electron chi connectivity index (χ2n) is 6.91. The molecule has 20 heavy (non-hydrogen) atoms. The van der Waals surface area contributed by atoms with Gasteiger partial charge in [0.15, 0.2) is 5.82 Å². The van der Waals surface area contributed by atoms with E-state index in [-0.39, 0.29) is 5.41 Å². The molecule has 4 heteroatoms. The lowest BCUT2D eigenvalue weighted by molar-refractivity contribution is 0.129. The van der Waals surface area contributed by atoms with Crippen LogP contribution >= 0.6 is 0 Å². The fourth-order valence-electron chi connectivity index (χ4n) is 3.79. The molecule has 4 nitrogen and oxygen atoms in total. The van der Waals surface area contributed by atoms with Crippen molar-refractivity contribution in [2.24, 2.45) is 17.1 Å². The highest BCUT2D eigenvalue weighted by Gasteiger charge is 2.37. The van der Waals surface area contributed by atoms with Crippen molar-refractivity contribution in [1.29, 1.82) is 0 Å². The first-order chi connectivity index (χ1) is 9.74. The van der Waals surface area contributed by atoms with Crippen LogP contribution in [0.3, 0.4) is 0 Å². The minimum atomic E-state index is 0.254. The maximum absolute atomic E-state index is 5.91.